The zero-order valence-electron chi connectivity index (χ0n) is 13.9. The first kappa shape index (κ1) is 16.6. The average Bonchev–Trinajstić information content (AvgIpc) is 3.10. The molecule has 26 heavy (non-hydrogen) atoms. The zero-order valence-corrected chi connectivity index (χ0v) is 14.7. The summed E-state index contributed by atoms with van der Waals surface area (Å²) >= 11 is 6.03. The van der Waals surface area contributed by atoms with E-state index in [1.165, 1.54) is 0 Å². The Balaban J connectivity index is 1.56. The lowest BCUT2D eigenvalue weighted by molar-refractivity contribution is -0.127. The van der Waals surface area contributed by atoms with Gasteiger partial charge in [0.2, 0.25) is 0 Å². The highest BCUT2D eigenvalue weighted by Gasteiger charge is 2.31. The van der Waals surface area contributed by atoms with E-state index in [1.807, 2.05) is 48.5 Å². The number of halogens is 1. The Morgan fingerprint density at radius 3 is 2.69 bits per heavy atom. The van der Waals surface area contributed by atoms with Crippen LogP contribution in [-0.4, -0.2) is 17.0 Å². The number of nitrogens with one attached hydrogen (secondary N) is 1. The smallest absolute Gasteiger partial charge is 0.262 e. The van der Waals surface area contributed by atoms with Gasteiger partial charge in [0.05, 0.1) is 6.04 Å². The highest BCUT2D eigenvalue weighted by Crippen LogP contribution is 2.31. The van der Waals surface area contributed by atoms with E-state index in [0.29, 0.717) is 17.2 Å². The molecular weight excluding hydrogens is 348 g/mol. The maximum absolute atomic E-state index is 12.9. The van der Waals surface area contributed by atoms with Gasteiger partial charge in [-0.25, -0.2) is 0 Å². The first-order chi connectivity index (χ1) is 12.7. The summed E-state index contributed by atoms with van der Waals surface area (Å²) in [6, 6.07) is 18.8. The number of rotatable bonds is 4. The highest BCUT2D eigenvalue weighted by atomic mass is 35.5. The highest BCUT2D eigenvalue weighted by molar-refractivity contribution is 6.30. The van der Waals surface area contributed by atoms with Crippen LogP contribution in [0.3, 0.4) is 0 Å². The summed E-state index contributed by atoms with van der Waals surface area (Å²) in [5, 5.41) is 3.75. The van der Waals surface area contributed by atoms with Crippen LogP contribution in [0.4, 0.5) is 0 Å². The average molecular weight is 365 g/mol. The molecule has 0 saturated carbocycles. The van der Waals surface area contributed by atoms with Crippen molar-refractivity contribution in [2.45, 2.75) is 18.6 Å². The van der Waals surface area contributed by atoms with E-state index in [0.717, 1.165) is 16.7 Å². The lowest BCUT2D eigenvalue weighted by Gasteiger charge is -2.21. The van der Waals surface area contributed by atoms with Gasteiger partial charge in [-0.2, -0.15) is 0 Å². The molecule has 5 heteroatoms. The summed E-state index contributed by atoms with van der Waals surface area (Å²) in [6.45, 7) is 0. The third-order valence-corrected chi connectivity index (χ3v) is 4.66. The lowest BCUT2D eigenvalue weighted by atomic mass is 9.99. The zero-order chi connectivity index (χ0) is 17.9. The summed E-state index contributed by atoms with van der Waals surface area (Å²) in [5.41, 5.74) is 2.87. The van der Waals surface area contributed by atoms with Gasteiger partial charge >= 0.3 is 0 Å². The molecule has 1 aromatic heterocycles. The van der Waals surface area contributed by atoms with E-state index in [-0.39, 0.29) is 11.9 Å². The molecule has 4 nitrogen and oxygen atoms in total. The van der Waals surface area contributed by atoms with E-state index in [4.69, 9.17) is 16.3 Å². The second-order valence-electron chi connectivity index (χ2n) is 6.20. The molecule has 0 fully saturated rings. The van der Waals surface area contributed by atoms with Crippen LogP contribution in [0.15, 0.2) is 73.1 Å². The van der Waals surface area contributed by atoms with Crippen LogP contribution in [0.25, 0.3) is 0 Å². The second kappa shape index (κ2) is 7.18. The van der Waals surface area contributed by atoms with Crippen LogP contribution >= 0.6 is 11.6 Å². The molecule has 0 spiro atoms. The van der Waals surface area contributed by atoms with E-state index in [9.17, 15) is 4.79 Å². The van der Waals surface area contributed by atoms with Crippen LogP contribution < -0.4 is 10.1 Å². The van der Waals surface area contributed by atoms with E-state index in [2.05, 4.69) is 10.3 Å². The molecule has 2 aromatic carbocycles. The predicted octanol–water partition coefficient (Wildman–Crippen LogP) is 3.94. The molecular formula is C21H17ClN2O2. The van der Waals surface area contributed by atoms with Crippen LogP contribution in [-0.2, 0) is 11.2 Å². The number of amides is 1. The maximum Gasteiger partial charge on any atom is 0.262 e. The third kappa shape index (κ3) is 3.41. The fourth-order valence-electron chi connectivity index (χ4n) is 3.15. The molecule has 1 N–H and O–H groups in total. The van der Waals surface area contributed by atoms with Crippen molar-refractivity contribution in [1.82, 2.24) is 10.3 Å². The maximum atomic E-state index is 12.9. The van der Waals surface area contributed by atoms with Gasteiger partial charge in [0.1, 0.15) is 5.75 Å². The van der Waals surface area contributed by atoms with Crippen molar-refractivity contribution in [3.8, 4) is 5.75 Å². The molecule has 0 saturated heterocycles. The third-order valence-electron chi connectivity index (χ3n) is 4.43. The monoisotopic (exact) mass is 364 g/mol. The molecule has 1 aliphatic heterocycles. The van der Waals surface area contributed by atoms with Crippen molar-refractivity contribution in [2.24, 2.45) is 0 Å². The van der Waals surface area contributed by atoms with E-state index in [1.54, 1.807) is 24.5 Å². The summed E-state index contributed by atoms with van der Waals surface area (Å²) in [7, 11) is 0. The van der Waals surface area contributed by atoms with Gasteiger partial charge in [0.15, 0.2) is 6.10 Å². The van der Waals surface area contributed by atoms with Crippen LogP contribution in [0.1, 0.15) is 22.7 Å². The van der Waals surface area contributed by atoms with Crippen molar-refractivity contribution in [3.63, 3.8) is 0 Å². The number of carbonyl (C=O) groups is 1. The van der Waals surface area contributed by atoms with E-state index >= 15 is 0 Å². The Hall–Kier alpha value is -2.85. The van der Waals surface area contributed by atoms with Gasteiger partial charge in [-0.1, -0.05) is 48.0 Å². The SMILES string of the molecule is O=C(N[C@@H](c1ccccc1)c1cccnc1)[C@@H]1Cc2cc(Cl)ccc2O1. The van der Waals surface area contributed by atoms with Crippen molar-refractivity contribution in [1.29, 1.82) is 0 Å². The predicted molar refractivity (Wildman–Crippen MR) is 100 cm³/mol. The second-order valence-corrected chi connectivity index (χ2v) is 6.64. The molecule has 0 radical (unpaired) electrons. The van der Waals surface area contributed by atoms with Gasteiger partial charge in [-0.05, 0) is 41.0 Å². The molecule has 0 bridgehead atoms. The Kier molecular flexibility index (Phi) is 4.59. The summed E-state index contributed by atoms with van der Waals surface area (Å²) in [5.74, 6) is 0.558. The van der Waals surface area contributed by atoms with Crippen molar-refractivity contribution in [3.05, 3.63) is 94.8 Å². The minimum absolute atomic E-state index is 0.157. The summed E-state index contributed by atoms with van der Waals surface area (Å²) in [6.07, 6.45) is 3.43. The number of benzene rings is 2. The first-order valence-corrected chi connectivity index (χ1v) is 8.79. The van der Waals surface area contributed by atoms with Gasteiger partial charge in [-0.15, -0.1) is 0 Å². The standard InChI is InChI=1S/C21H17ClN2O2/c22-17-8-9-18-16(11-17)12-19(26-18)21(25)24-20(14-5-2-1-3-6-14)15-7-4-10-23-13-15/h1-11,13,19-20H,12H2,(H,24,25)/t19-,20-/m0/s1. The lowest BCUT2D eigenvalue weighted by Crippen LogP contribution is -2.40. The summed E-state index contributed by atoms with van der Waals surface area (Å²) in [4.78, 5) is 17.0. The molecule has 0 unspecified atom stereocenters. The number of pyridine rings is 1. The fourth-order valence-corrected chi connectivity index (χ4v) is 3.34. The number of nitrogens with zero attached hydrogens (tertiary/aromatic N) is 1. The minimum atomic E-state index is -0.564. The molecule has 2 atom stereocenters. The molecule has 0 aliphatic carbocycles. The van der Waals surface area contributed by atoms with Gasteiger partial charge in [0.25, 0.3) is 5.91 Å². The molecule has 130 valence electrons. The minimum Gasteiger partial charge on any atom is -0.480 e. The topological polar surface area (TPSA) is 51.2 Å². The summed E-state index contributed by atoms with van der Waals surface area (Å²) < 4.78 is 5.81. The largest absolute Gasteiger partial charge is 0.480 e. The number of hydrogen-bond donors (Lipinski definition) is 1. The van der Waals surface area contributed by atoms with Crippen molar-refractivity contribution >= 4 is 17.5 Å². The fraction of sp³-hybridized carbons (Fsp3) is 0.143. The molecule has 2 heterocycles. The number of carbonyl (C=O) groups excluding carboxylic acids is 1. The molecule has 4 rings (SSSR count). The van der Waals surface area contributed by atoms with Crippen LogP contribution in [0.2, 0.25) is 5.02 Å². The van der Waals surface area contributed by atoms with Gasteiger partial charge in [-0.3, -0.25) is 9.78 Å². The van der Waals surface area contributed by atoms with Crippen LogP contribution in [0, 0.1) is 0 Å². The van der Waals surface area contributed by atoms with Gasteiger partial charge in [0, 0.05) is 23.8 Å². The molecule has 3 aromatic rings. The molecule has 1 amide bonds. The number of ether oxygens (including phenoxy) is 1. The first-order valence-electron chi connectivity index (χ1n) is 8.41. The Morgan fingerprint density at radius 2 is 1.92 bits per heavy atom. The Labute approximate surface area is 156 Å². The van der Waals surface area contributed by atoms with Gasteiger partial charge < -0.3 is 10.1 Å². The normalized spacial score (nSPS) is 16.4. The molecule has 1 aliphatic rings. The van der Waals surface area contributed by atoms with Crippen molar-refractivity contribution in [2.75, 3.05) is 0 Å². The Morgan fingerprint density at radius 1 is 1.12 bits per heavy atom. The quantitative estimate of drug-likeness (QED) is 0.762. The Bertz CT molecular complexity index is 876. The number of aromatic nitrogens is 1. The number of hydrogen-bond acceptors (Lipinski definition) is 3. The van der Waals surface area contributed by atoms with E-state index < -0.39 is 6.10 Å². The number of fused-ring (bicyclic) bond motifs is 1. The van der Waals surface area contributed by atoms with Crippen LogP contribution in [0.5, 0.6) is 5.75 Å². The van der Waals surface area contributed by atoms with Crippen molar-refractivity contribution < 1.29 is 9.53 Å².